The van der Waals surface area contributed by atoms with Crippen molar-refractivity contribution in [1.82, 2.24) is 5.48 Å². The average Bonchev–Trinajstić information content (AvgIpc) is 2.60. The zero-order valence-electron chi connectivity index (χ0n) is 13.0. The van der Waals surface area contributed by atoms with Crippen LogP contribution in [0.4, 0.5) is 0 Å². The molecule has 0 aliphatic carbocycles. The summed E-state index contributed by atoms with van der Waals surface area (Å²) in [7, 11) is 0. The zero-order valence-corrected chi connectivity index (χ0v) is 13.8. The van der Waals surface area contributed by atoms with Crippen molar-refractivity contribution < 1.29 is 19.2 Å². The number of benzene rings is 2. The molecule has 0 aliphatic rings. The number of hydrogen-bond donors (Lipinski definition) is 1. The van der Waals surface area contributed by atoms with Crippen molar-refractivity contribution in [2.75, 3.05) is 13.2 Å². The van der Waals surface area contributed by atoms with Crippen LogP contribution in [0.3, 0.4) is 0 Å². The molecule has 0 aliphatic heterocycles. The van der Waals surface area contributed by atoms with Crippen LogP contribution in [0, 0.1) is 0 Å². The summed E-state index contributed by atoms with van der Waals surface area (Å²) in [4.78, 5) is 28.6. The topological polar surface area (TPSA) is 64.6 Å². The lowest BCUT2D eigenvalue weighted by molar-refractivity contribution is -0.134. The van der Waals surface area contributed by atoms with E-state index in [1.165, 1.54) is 0 Å². The van der Waals surface area contributed by atoms with Gasteiger partial charge in [-0.25, -0.2) is 5.48 Å². The molecule has 2 rings (SSSR count). The highest BCUT2D eigenvalue weighted by Crippen LogP contribution is 2.13. The molecule has 6 heteroatoms. The number of amides is 1. The van der Waals surface area contributed by atoms with E-state index in [1.54, 1.807) is 24.3 Å². The number of ether oxygens (including phenoxy) is 1. The van der Waals surface area contributed by atoms with Gasteiger partial charge in [0, 0.05) is 23.4 Å². The van der Waals surface area contributed by atoms with Crippen molar-refractivity contribution >= 4 is 23.3 Å². The van der Waals surface area contributed by atoms with Crippen LogP contribution in [0.2, 0.25) is 5.02 Å². The second-order valence-electron chi connectivity index (χ2n) is 4.97. The lowest BCUT2D eigenvalue weighted by Gasteiger charge is -2.07. The number of Topliss-reactive ketones (excluding diaryl/α,β-unsaturated/α-hetero) is 1. The van der Waals surface area contributed by atoms with E-state index in [0.717, 1.165) is 5.75 Å². The summed E-state index contributed by atoms with van der Waals surface area (Å²) in [6, 6.07) is 15.9. The molecule has 0 unspecified atom stereocenters. The van der Waals surface area contributed by atoms with Crippen molar-refractivity contribution in [2.45, 2.75) is 12.8 Å². The third-order valence-electron chi connectivity index (χ3n) is 3.11. The van der Waals surface area contributed by atoms with Crippen molar-refractivity contribution in [3.8, 4) is 5.75 Å². The Morgan fingerprint density at radius 3 is 2.50 bits per heavy atom. The molecule has 0 fully saturated rings. The quantitative estimate of drug-likeness (QED) is 0.429. The monoisotopic (exact) mass is 347 g/mol. The molecule has 0 radical (unpaired) electrons. The Balaban J connectivity index is 1.59. The first-order valence-corrected chi connectivity index (χ1v) is 7.90. The molecule has 0 saturated carbocycles. The Morgan fingerprint density at radius 1 is 0.958 bits per heavy atom. The van der Waals surface area contributed by atoms with Crippen LogP contribution in [0.15, 0.2) is 54.6 Å². The molecule has 126 valence electrons. The van der Waals surface area contributed by atoms with E-state index in [4.69, 9.17) is 21.2 Å². The smallest absolute Gasteiger partial charge is 0.243 e. The first-order valence-electron chi connectivity index (χ1n) is 7.52. The van der Waals surface area contributed by atoms with Gasteiger partial charge < -0.3 is 4.74 Å². The van der Waals surface area contributed by atoms with Crippen molar-refractivity contribution in [1.29, 1.82) is 0 Å². The molecule has 0 heterocycles. The van der Waals surface area contributed by atoms with Crippen molar-refractivity contribution in [3.05, 3.63) is 65.2 Å². The van der Waals surface area contributed by atoms with E-state index in [-0.39, 0.29) is 31.1 Å². The van der Waals surface area contributed by atoms with E-state index >= 15 is 0 Å². The second-order valence-corrected chi connectivity index (χ2v) is 5.41. The predicted octanol–water partition coefficient (Wildman–Crippen LogP) is 3.43. The Labute approximate surface area is 145 Å². The number of carbonyl (C=O) groups excluding carboxylic acids is 2. The summed E-state index contributed by atoms with van der Waals surface area (Å²) in [5.41, 5.74) is 2.78. The molecular formula is C18H18ClNO4. The van der Waals surface area contributed by atoms with Gasteiger partial charge in [-0.1, -0.05) is 41.9 Å². The first kappa shape index (κ1) is 18.0. The largest absolute Gasteiger partial charge is 0.491 e. The van der Waals surface area contributed by atoms with Gasteiger partial charge in [-0.05, 0) is 24.3 Å². The number of rotatable bonds is 9. The van der Waals surface area contributed by atoms with Gasteiger partial charge >= 0.3 is 0 Å². The molecule has 24 heavy (non-hydrogen) atoms. The average molecular weight is 348 g/mol. The Hall–Kier alpha value is -2.37. The molecule has 2 aromatic rings. The number of halogens is 1. The Bertz CT molecular complexity index is 676. The maximum Gasteiger partial charge on any atom is 0.243 e. The highest BCUT2D eigenvalue weighted by molar-refractivity contribution is 6.31. The minimum Gasteiger partial charge on any atom is -0.491 e. The summed E-state index contributed by atoms with van der Waals surface area (Å²) in [6.45, 7) is 0.522. The third kappa shape index (κ3) is 6.40. The number of nitrogens with one attached hydrogen (secondary N) is 1. The molecule has 1 N–H and O–H groups in total. The second kappa shape index (κ2) is 9.70. The number of ketones is 1. The molecule has 5 nitrogen and oxygen atoms in total. The predicted molar refractivity (Wildman–Crippen MR) is 91.0 cm³/mol. The summed E-state index contributed by atoms with van der Waals surface area (Å²) < 4.78 is 5.41. The zero-order chi connectivity index (χ0) is 17.2. The van der Waals surface area contributed by atoms with Gasteiger partial charge in [0.05, 0.1) is 0 Å². The first-order chi connectivity index (χ1) is 11.6. The van der Waals surface area contributed by atoms with Crippen LogP contribution in [0.1, 0.15) is 23.2 Å². The molecule has 0 saturated heterocycles. The van der Waals surface area contributed by atoms with Gasteiger partial charge in [-0.2, -0.15) is 0 Å². The van der Waals surface area contributed by atoms with Crippen LogP contribution in [0.25, 0.3) is 0 Å². The molecule has 0 bridgehead atoms. The lowest BCUT2D eigenvalue weighted by atomic mass is 10.1. The summed E-state index contributed by atoms with van der Waals surface area (Å²) in [6.07, 6.45) is 0.140. The summed E-state index contributed by atoms with van der Waals surface area (Å²) >= 11 is 5.83. The van der Waals surface area contributed by atoms with E-state index in [2.05, 4.69) is 5.48 Å². The highest BCUT2D eigenvalue weighted by Gasteiger charge is 2.09. The summed E-state index contributed by atoms with van der Waals surface area (Å²) in [5.74, 6) is 0.240. The van der Waals surface area contributed by atoms with Crippen LogP contribution in [-0.4, -0.2) is 24.9 Å². The maximum absolute atomic E-state index is 11.9. The lowest BCUT2D eigenvalue weighted by Crippen LogP contribution is -2.26. The molecule has 0 aromatic heterocycles. The SMILES string of the molecule is O=C(CCC(=O)c1cccc(Cl)c1)NOCCOc1ccccc1. The van der Waals surface area contributed by atoms with Gasteiger partial charge in [0.25, 0.3) is 0 Å². The summed E-state index contributed by atoms with van der Waals surface area (Å²) in [5, 5.41) is 0.493. The minimum absolute atomic E-state index is 0.0465. The molecule has 0 atom stereocenters. The van der Waals surface area contributed by atoms with Gasteiger partial charge in [-0.15, -0.1) is 0 Å². The Kier molecular flexibility index (Phi) is 7.26. The third-order valence-corrected chi connectivity index (χ3v) is 3.34. The van der Waals surface area contributed by atoms with E-state index < -0.39 is 0 Å². The normalized spacial score (nSPS) is 10.2. The van der Waals surface area contributed by atoms with Gasteiger partial charge in [0.15, 0.2) is 5.78 Å². The van der Waals surface area contributed by atoms with E-state index in [1.807, 2.05) is 30.3 Å². The molecule has 0 spiro atoms. The van der Waals surface area contributed by atoms with E-state index in [9.17, 15) is 9.59 Å². The van der Waals surface area contributed by atoms with Crippen LogP contribution in [0.5, 0.6) is 5.75 Å². The van der Waals surface area contributed by atoms with E-state index in [0.29, 0.717) is 17.2 Å². The minimum atomic E-state index is -0.356. The fourth-order valence-electron chi connectivity index (χ4n) is 1.93. The van der Waals surface area contributed by atoms with Crippen LogP contribution < -0.4 is 10.2 Å². The Morgan fingerprint density at radius 2 is 1.75 bits per heavy atom. The highest BCUT2D eigenvalue weighted by atomic mass is 35.5. The van der Waals surface area contributed by atoms with Crippen molar-refractivity contribution in [2.24, 2.45) is 0 Å². The van der Waals surface area contributed by atoms with Gasteiger partial charge in [0.2, 0.25) is 5.91 Å². The van der Waals surface area contributed by atoms with Gasteiger partial charge in [-0.3, -0.25) is 14.4 Å². The number of hydroxylamine groups is 1. The van der Waals surface area contributed by atoms with Crippen LogP contribution >= 0.6 is 11.6 Å². The van der Waals surface area contributed by atoms with Crippen molar-refractivity contribution in [3.63, 3.8) is 0 Å². The van der Waals surface area contributed by atoms with Gasteiger partial charge in [0.1, 0.15) is 19.0 Å². The molecule has 2 aromatic carbocycles. The fraction of sp³-hybridized carbons (Fsp3) is 0.222. The number of hydrogen-bond acceptors (Lipinski definition) is 4. The number of carbonyl (C=O) groups is 2. The number of para-hydroxylation sites is 1. The molecule has 1 amide bonds. The fourth-order valence-corrected chi connectivity index (χ4v) is 2.12. The standard InChI is InChI=1S/C18H18ClNO4/c19-15-6-4-5-14(13-15)17(21)9-10-18(22)20-24-12-11-23-16-7-2-1-3-8-16/h1-8,13H,9-12H2,(H,20,22). The molecular weight excluding hydrogens is 330 g/mol. The van der Waals surface area contributed by atoms with Crippen LogP contribution in [-0.2, 0) is 9.63 Å². The maximum atomic E-state index is 11.9.